The smallest absolute Gasteiger partial charge is 0.264 e. The maximum atomic E-state index is 11.6. The van der Waals surface area contributed by atoms with Crippen molar-refractivity contribution in [2.24, 2.45) is 0 Å². The molecule has 0 radical (unpaired) electrons. The molecule has 1 aromatic carbocycles. The number of carbonyl (C=O) groups is 1. The molecule has 88 valence electrons. The molecule has 1 amide bonds. The molecule has 1 N–H and O–H groups in total. The highest BCUT2D eigenvalue weighted by molar-refractivity contribution is 7.90. The zero-order valence-corrected chi connectivity index (χ0v) is 10.3. The number of sulfonamides is 1. The van der Waals surface area contributed by atoms with Crippen LogP contribution in [0.3, 0.4) is 0 Å². The van der Waals surface area contributed by atoms with Gasteiger partial charge in [0.1, 0.15) is 0 Å². The Bertz CT molecular complexity index is 474. The maximum absolute atomic E-state index is 11.6. The van der Waals surface area contributed by atoms with Crippen LogP contribution >= 0.6 is 0 Å². The maximum Gasteiger partial charge on any atom is 0.264 e. The summed E-state index contributed by atoms with van der Waals surface area (Å²) in [5.74, 6) is -0.245. The molecule has 16 heavy (non-hydrogen) atoms. The molecular weight excluding hydrogens is 226 g/mol. The average molecular weight is 241 g/mol. The number of amides is 1. The molecule has 0 aromatic heterocycles. The van der Waals surface area contributed by atoms with E-state index in [1.165, 1.54) is 19.1 Å². The summed E-state index contributed by atoms with van der Waals surface area (Å²) in [5.41, 5.74) is 1.06. The lowest BCUT2D eigenvalue weighted by atomic mass is 10.0. The predicted octanol–water partition coefficient (Wildman–Crippen LogP) is 1.63. The summed E-state index contributed by atoms with van der Waals surface area (Å²) in [6.07, 6.45) is 0. The zero-order valence-electron chi connectivity index (χ0n) is 9.52. The first kappa shape index (κ1) is 12.7. The van der Waals surface area contributed by atoms with Crippen LogP contribution in [0.1, 0.15) is 32.3 Å². The van der Waals surface area contributed by atoms with E-state index in [1.807, 2.05) is 18.6 Å². The van der Waals surface area contributed by atoms with Crippen LogP contribution in [-0.2, 0) is 14.8 Å². The number of hydrogen-bond acceptors (Lipinski definition) is 3. The summed E-state index contributed by atoms with van der Waals surface area (Å²) in [6.45, 7) is 5.22. The Kier molecular flexibility index (Phi) is 3.70. The molecule has 5 heteroatoms. The second kappa shape index (κ2) is 4.65. The third-order valence-corrected chi connectivity index (χ3v) is 3.58. The molecule has 0 atom stereocenters. The van der Waals surface area contributed by atoms with Crippen LogP contribution in [0.25, 0.3) is 0 Å². The van der Waals surface area contributed by atoms with Gasteiger partial charge in [0.15, 0.2) is 0 Å². The first-order valence-electron chi connectivity index (χ1n) is 4.96. The van der Waals surface area contributed by atoms with E-state index < -0.39 is 15.9 Å². The monoisotopic (exact) mass is 241 g/mol. The summed E-state index contributed by atoms with van der Waals surface area (Å²) in [7, 11) is -3.70. The second-order valence-corrected chi connectivity index (χ2v) is 5.57. The Hall–Kier alpha value is -1.36. The van der Waals surface area contributed by atoms with Crippen LogP contribution in [0.4, 0.5) is 0 Å². The second-order valence-electron chi connectivity index (χ2n) is 3.89. The quantitative estimate of drug-likeness (QED) is 0.875. The molecule has 0 aliphatic carbocycles. The fourth-order valence-electron chi connectivity index (χ4n) is 1.28. The average Bonchev–Trinajstić information content (AvgIpc) is 2.16. The molecule has 0 heterocycles. The van der Waals surface area contributed by atoms with Gasteiger partial charge in [-0.1, -0.05) is 26.0 Å². The third kappa shape index (κ3) is 3.06. The molecule has 1 rings (SSSR count). The van der Waals surface area contributed by atoms with E-state index >= 15 is 0 Å². The van der Waals surface area contributed by atoms with Gasteiger partial charge in [0, 0.05) is 6.92 Å². The van der Waals surface area contributed by atoms with Gasteiger partial charge in [0.05, 0.1) is 4.90 Å². The van der Waals surface area contributed by atoms with Gasteiger partial charge >= 0.3 is 0 Å². The highest BCUT2D eigenvalue weighted by Gasteiger charge is 2.15. The summed E-state index contributed by atoms with van der Waals surface area (Å²) < 4.78 is 25.1. The molecule has 1 aromatic rings. The highest BCUT2D eigenvalue weighted by Crippen LogP contribution is 2.17. The minimum absolute atomic E-state index is 0.104. The summed E-state index contributed by atoms with van der Waals surface area (Å²) in [6, 6.07) is 6.50. The van der Waals surface area contributed by atoms with Crippen molar-refractivity contribution in [3.63, 3.8) is 0 Å². The SMILES string of the molecule is CC(=O)NS(=O)(=O)c1ccc(C(C)C)cc1. The summed E-state index contributed by atoms with van der Waals surface area (Å²) >= 11 is 0. The fourth-order valence-corrected chi connectivity index (χ4v) is 2.27. The van der Waals surface area contributed by atoms with Gasteiger partial charge in [-0.3, -0.25) is 4.79 Å². The number of carbonyl (C=O) groups excluding carboxylic acids is 1. The normalized spacial score (nSPS) is 11.5. The first-order valence-corrected chi connectivity index (χ1v) is 6.44. The number of benzene rings is 1. The van der Waals surface area contributed by atoms with Gasteiger partial charge in [-0.2, -0.15) is 0 Å². The van der Waals surface area contributed by atoms with E-state index in [0.717, 1.165) is 5.56 Å². The lowest BCUT2D eigenvalue weighted by Gasteiger charge is -2.07. The topological polar surface area (TPSA) is 63.2 Å². The Labute approximate surface area is 95.7 Å². The molecule has 0 saturated heterocycles. The van der Waals surface area contributed by atoms with Crippen molar-refractivity contribution >= 4 is 15.9 Å². The van der Waals surface area contributed by atoms with Crippen LogP contribution in [0.2, 0.25) is 0 Å². The van der Waals surface area contributed by atoms with E-state index in [1.54, 1.807) is 12.1 Å². The Balaban J connectivity index is 3.02. The Morgan fingerprint density at radius 3 is 2.06 bits per heavy atom. The molecule has 0 bridgehead atoms. The van der Waals surface area contributed by atoms with Gasteiger partial charge in [-0.05, 0) is 23.6 Å². The van der Waals surface area contributed by atoms with Gasteiger partial charge < -0.3 is 0 Å². The molecule has 0 unspecified atom stereocenters. The lowest BCUT2D eigenvalue weighted by molar-refractivity contribution is -0.117. The fraction of sp³-hybridized carbons (Fsp3) is 0.364. The molecule has 0 spiro atoms. The summed E-state index contributed by atoms with van der Waals surface area (Å²) in [5, 5.41) is 0. The van der Waals surface area contributed by atoms with Crippen molar-refractivity contribution in [1.29, 1.82) is 0 Å². The largest absolute Gasteiger partial charge is 0.274 e. The number of rotatable bonds is 3. The van der Waals surface area contributed by atoms with Crippen molar-refractivity contribution < 1.29 is 13.2 Å². The van der Waals surface area contributed by atoms with Crippen molar-refractivity contribution in [2.45, 2.75) is 31.6 Å². The predicted molar refractivity (Wildman–Crippen MR) is 61.5 cm³/mol. The lowest BCUT2D eigenvalue weighted by Crippen LogP contribution is -2.28. The molecule has 0 aliphatic heterocycles. The van der Waals surface area contributed by atoms with Crippen LogP contribution < -0.4 is 4.72 Å². The van der Waals surface area contributed by atoms with Gasteiger partial charge in [0.2, 0.25) is 5.91 Å². The zero-order chi connectivity index (χ0) is 12.3. The van der Waals surface area contributed by atoms with E-state index in [4.69, 9.17) is 0 Å². The van der Waals surface area contributed by atoms with E-state index in [9.17, 15) is 13.2 Å². The Morgan fingerprint density at radius 2 is 1.69 bits per heavy atom. The van der Waals surface area contributed by atoms with Crippen molar-refractivity contribution in [3.05, 3.63) is 29.8 Å². The number of nitrogens with one attached hydrogen (secondary N) is 1. The number of hydrogen-bond donors (Lipinski definition) is 1. The van der Waals surface area contributed by atoms with Crippen LogP contribution in [0, 0.1) is 0 Å². The van der Waals surface area contributed by atoms with Crippen molar-refractivity contribution in [1.82, 2.24) is 4.72 Å². The van der Waals surface area contributed by atoms with Gasteiger partial charge in [0.25, 0.3) is 10.0 Å². The molecule has 0 fully saturated rings. The van der Waals surface area contributed by atoms with Crippen LogP contribution in [0.5, 0.6) is 0 Å². The highest BCUT2D eigenvalue weighted by atomic mass is 32.2. The molecular formula is C11H15NO3S. The molecule has 0 aliphatic rings. The molecule has 4 nitrogen and oxygen atoms in total. The minimum Gasteiger partial charge on any atom is -0.274 e. The minimum atomic E-state index is -3.70. The van der Waals surface area contributed by atoms with E-state index in [2.05, 4.69) is 0 Å². The van der Waals surface area contributed by atoms with Crippen molar-refractivity contribution in [3.8, 4) is 0 Å². The van der Waals surface area contributed by atoms with Gasteiger partial charge in [-0.15, -0.1) is 0 Å². The first-order chi connectivity index (χ1) is 7.33. The van der Waals surface area contributed by atoms with E-state index in [-0.39, 0.29) is 4.90 Å². The van der Waals surface area contributed by atoms with Gasteiger partial charge in [-0.25, -0.2) is 13.1 Å². The van der Waals surface area contributed by atoms with Crippen LogP contribution in [-0.4, -0.2) is 14.3 Å². The Morgan fingerprint density at radius 1 is 1.19 bits per heavy atom. The standard InChI is InChI=1S/C11H15NO3S/c1-8(2)10-4-6-11(7-5-10)16(14,15)12-9(3)13/h4-8H,1-3H3,(H,12,13). The molecule has 0 saturated carbocycles. The van der Waals surface area contributed by atoms with Crippen molar-refractivity contribution in [2.75, 3.05) is 0 Å². The third-order valence-electron chi connectivity index (χ3n) is 2.14. The van der Waals surface area contributed by atoms with Crippen LogP contribution in [0.15, 0.2) is 29.2 Å². The summed E-state index contributed by atoms with van der Waals surface area (Å²) in [4.78, 5) is 10.8. The van der Waals surface area contributed by atoms with E-state index in [0.29, 0.717) is 5.92 Å².